The van der Waals surface area contributed by atoms with E-state index >= 15 is 0 Å². The number of benzene rings is 2. The molecule has 3 rings (SSSR count). The quantitative estimate of drug-likeness (QED) is 0.747. The first kappa shape index (κ1) is 19.2. The van der Waals surface area contributed by atoms with Crippen molar-refractivity contribution >= 4 is 31.6 Å². The second-order valence-electron chi connectivity index (χ2n) is 5.89. The Kier molecular flexibility index (Phi) is 6.18. The van der Waals surface area contributed by atoms with Crippen LogP contribution >= 0.6 is 15.9 Å². The van der Waals surface area contributed by atoms with Gasteiger partial charge in [-0.3, -0.25) is 0 Å². The summed E-state index contributed by atoms with van der Waals surface area (Å²) in [6.07, 6.45) is 0. The number of methoxy groups -OCH3 is 1. The van der Waals surface area contributed by atoms with Crippen LogP contribution < -0.4 is 14.4 Å². The summed E-state index contributed by atoms with van der Waals surface area (Å²) in [5.74, 6) is 0.309. The molecule has 0 bridgehead atoms. The van der Waals surface area contributed by atoms with E-state index in [4.69, 9.17) is 9.47 Å². The van der Waals surface area contributed by atoms with Gasteiger partial charge in [0.05, 0.1) is 20.3 Å². The number of nitrogens with zero attached hydrogens (tertiary/aromatic N) is 1. The van der Waals surface area contributed by atoms with Gasteiger partial charge in [0, 0.05) is 29.8 Å². The number of hydrogen-bond donors (Lipinski definition) is 1. The third-order valence-electron chi connectivity index (χ3n) is 4.19. The molecule has 0 radical (unpaired) electrons. The van der Waals surface area contributed by atoms with E-state index in [1.807, 2.05) is 24.3 Å². The maximum Gasteiger partial charge on any atom is 0.244 e. The zero-order valence-corrected chi connectivity index (χ0v) is 16.8. The van der Waals surface area contributed by atoms with Crippen molar-refractivity contribution in [2.75, 3.05) is 38.3 Å². The summed E-state index contributed by atoms with van der Waals surface area (Å²) < 4.78 is 39.1. The molecule has 0 aromatic heterocycles. The molecule has 2 aromatic rings. The van der Waals surface area contributed by atoms with Gasteiger partial charge in [-0.2, -0.15) is 0 Å². The van der Waals surface area contributed by atoms with Crippen LogP contribution in [0, 0.1) is 0 Å². The molecule has 0 unspecified atom stereocenters. The molecule has 26 heavy (non-hydrogen) atoms. The molecule has 8 heteroatoms. The topological polar surface area (TPSA) is 67.9 Å². The SMILES string of the molecule is COc1ccc(Br)cc1S(=O)(=O)NCc1ccc(N2CCOCC2)cc1. The largest absolute Gasteiger partial charge is 0.495 e. The Labute approximate surface area is 162 Å². The molecular weight excluding hydrogens is 420 g/mol. The summed E-state index contributed by atoms with van der Waals surface area (Å²) >= 11 is 3.30. The summed E-state index contributed by atoms with van der Waals surface area (Å²) in [5.41, 5.74) is 2.01. The van der Waals surface area contributed by atoms with Crippen LogP contribution in [0.1, 0.15) is 5.56 Å². The molecule has 6 nitrogen and oxygen atoms in total. The number of sulfonamides is 1. The highest BCUT2D eigenvalue weighted by Gasteiger charge is 2.20. The summed E-state index contributed by atoms with van der Waals surface area (Å²) in [6, 6.07) is 12.8. The van der Waals surface area contributed by atoms with Crippen molar-refractivity contribution in [2.24, 2.45) is 0 Å². The Morgan fingerprint density at radius 1 is 1.15 bits per heavy atom. The summed E-state index contributed by atoms with van der Waals surface area (Å²) in [5, 5.41) is 0. The van der Waals surface area contributed by atoms with Crippen molar-refractivity contribution in [1.82, 2.24) is 4.72 Å². The van der Waals surface area contributed by atoms with Crippen LogP contribution in [0.5, 0.6) is 5.75 Å². The fourth-order valence-corrected chi connectivity index (χ4v) is 4.49. The van der Waals surface area contributed by atoms with Gasteiger partial charge in [-0.1, -0.05) is 28.1 Å². The monoisotopic (exact) mass is 440 g/mol. The number of anilines is 1. The minimum Gasteiger partial charge on any atom is -0.495 e. The fraction of sp³-hybridized carbons (Fsp3) is 0.333. The summed E-state index contributed by atoms with van der Waals surface area (Å²) in [7, 11) is -2.24. The Morgan fingerprint density at radius 2 is 1.85 bits per heavy atom. The van der Waals surface area contributed by atoms with E-state index in [9.17, 15) is 8.42 Å². The first-order valence-electron chi connectivity index (χ1n) is 8.24. The van der Waals surface area contributed by atoms with Crippen LogP contribution in [0.25, 0.3) is 0 Å². The molecular formula is C18H21BrN2O4S. The lowest BCUT2D eigenvalue weighted by atomic mass is 10.2. The Balaban J connectivity index is 1.69. The van der Waals surface area contributed by atoms with Gasteiger partial charge in [0.15, 0.2) is 0 Å². The average molecular weight is 441 g/mol. The van der Waals surface area contributed by atoms with Gasteiger partial charge in [-0.05, 0) is 35.9 Å². The van der Waals surface area contributed by atoms with Gasteiger partial charge in [-0.15, -0.1) is 0 Å². The van der Waals surface area contributed by atoms with E-state index in [-0.39, 0.29) is 11.4 Å². The van der Waals surface area contributed by atoms with Crippen molar-refractivity contribution in [3.8, 4) is 5.75 Å². The molecule has 0 aliphatic carbocycles. The molecule has 1 aliphatic heterocycles. The number of halogens is 1. The lowest BCUT2D eigenvalue weighted by Crippen LogP contribution is -2.36. The van der Waals surface area contributed by atoms with Crippen LogP contribution in [0.4, 0.5) is 5.69 Å². The predicted octanol–water partition coefficient (Wildman–Crippen LogP) is 2.77. The van der Waals surface area contributed by atoms with Gasteiger partial charge in [-0.25, -0.2) is 13.1 Å². The lowest BCUT2D eigenvalue weighted by molar-refractivity contribution is 0.122. The molecule has 0 amide bonds. The molecule has 1 N–H and O–H groups in total. The molecule has 0 spiro atoms. The van der Waals surface area contributed by atoms with E-state index in [0.29, 0.717) is 10.2 Å². The van der Waals surface area contributed by atoms with Crippen molar-refractivity contribution in [3.63, 3.8) is 0 Å². The van der Waals surface area contributed by atoms with Gasteiger partial charge in [0.25, 0.3) is 0 Å². The van der Waals surface area contributed by atoms with Crippen LogP contribution in [-0.2, 0) is 21.3 Å². The van der Waals surface area contributed by atoms with E-state index in [1.54, 1.807) is 12.1 Å². The molecule has 1 aliphatic rings. The van der Waals surface area contributed by atoms with Crippen molar-refractivity contribution in [3.05, 3.63) is 52.5 Å². The van der Waals surface area contributed by atoms with E-state index in [0.717, 1.165) is 37.6 Å². The van der Waals surface area contributed by atoms with E-state index in [2.05, 4.69) is 25.6 Å². The number of nitrogens with one attached hydrogen (secondary N) is 1. The minimum absolute atomic E-state index is 0.110. The highest BCUT2D eigenvalue weighted by molar-refractivity contribution is 9.10. The highest BCUT2D eigenvalue weighted by Crippen LogP contribution is 2.27. The average Bonchev–Trinajstić information content (AvgIpc) is 2.67. The normalized spacial score (nSPS) is 15.1. The second-order valence-corrected chi connectivity index (χ2v) is 8.54. The maximum absolute atomic E-state index is 12.6. The standard InChI is InChI=1S/C18H21BrN2O4S/c1-24-17-7-4-15(19)12-18(17)26(22,23)20-13-14-2-5-16(6-3-14)21-8-10-25-11-9-21/h2-7,12,20H,8-11,13H2,1H3. The van der Waals surface area contributed by atoms with Crippen LogP contribution in [0.15, 0.2) is 51.8 Å². The maximum atomic E-state index is 12.6. The van der Waals surface area contributed by atoms with Crippen molar-refractivity contribution in [1.29, 1.82) is 0 Å². The molecule has 2 aromatic carbocycles. The van der Waals surface area contributed by atoms with Crippen LogP contribution in [0.3, 0.4) is 0 Å². The Bertz CT molecular complexity index is 850. The van der Waals surface area contributed by atoms with E-state index in [1.165, 1.54) is 13.2 Å². The minimum atomic E-state index is -3.69. The predicted molar refractivity (Wildman–Crippen MR) is 104 cm³/mol. The number of rotatable bonds is 6. The molecule has 1 heterocycles. The van der Waals surface area contributed by atoms with Gasteiger partial charge in [0.1, 0.15) is 10.6 Å². The smallest absolute Gasteiger partial charge is 0.244 e. The second kappa shape index (κ2) is 8.39. The van der Waals surface area contributed by atoms with Gasteiger partial charge >= 0.3 is 0 Å². The van der Waals surface area contributed by atoms with Crippen molar-refractivity contribution < 1.29 is 17.9 Å². The lowest BCUT2D eigenvalue weighted by Gasteiger charge is -2.28. The Morgan fingerprint density at radius 3 is 2.50 bits per heavy atom. The molecule has 0 atom stereocenters. The van der Waals surface area contributed by atoms with Gasteiger partial charge in [0.2, 0.25) is 10.0 Å². The zero-order valence-electron chi connectivity index (χ0n) is 14.4. The van der Waals surface area contributed by atoms with Crippen molar-refractivity contribution in [2.45, 2.75) is 11.4 Å². The van der Waals surface area contributed by atoms with Gasteiger partial charge < -0.3 is 14.4 Å². The third-order valence-corrected chi connectivity index (χ3v) is 6.11. The number of morpholine rings is 1. The first-order valence-corrected chi connectivity index (χ1v) is 10.5. The first-order chi connectivity index (χ1) is 12.5. The fourth-order valence-electron chi connectivity index (χ4n) is 2.76. The number of ether oxygens (including phenoxy) is 2. The molecule has 1 fully saturated rings. The van der Waals surface area contributed by atoms with Crippen LogP contribution in [-0.4, -0.2) is 41.8 Å². The van der Waals surface area contributed by atoms with Crippen LogP contribution in [0.2, 0.25) is 0 Å². The Hall–Kier alpha value is -1.61. The zero-order chi connectivity index (χ0) is 18.6. The molecule has 0 saturated carbocycles. The summed E-state index contributed by atoms with van der Waals surface area (Å²) in [6.45, 7) is 3.41. The third kappa shape index (κ3) is 4.56. The highest BCUT2D eigenvalue weighted by atomic mass is 79.9. The summed E-state index contributed by atoms with van der Waals surface area (Å²) in [4.78, 5) is 2.36. The molecule has 1 saturated heterocycles. The molecule has 140 valence electrons. The van der Waals surface area contributed by atoms with E-state index < -0.39 is 10.0 Å². The number of hydrogen-bond acceptors (Lipinski definition) is 5.